The molecule has 0 spiro atoms. The number of amides is 1. The molecule has 9 heteroatoms. The van der Waals surface area contributed by atoms with Crippen molar-refractivity contribution in [2.24, 2.45) is 15.0 Å². The normalized spacial score (nSPS) is 20.1. The lowest BCUT2D eigenvalue weighted by Gasteiger charge is -2.33. The lowest BCUT2D eigenvalue weighted by Crippen LogP contribution is -2.65. The Morgan fingerprint density at radius 2 is 1.93 bits per heavy atom. The van der Waals surface area contributed by atoms with Crippen molar-refractivity contribution in [1.82, 2.24) is 10.6 Å². The first-order valence-electron chi connectivity index (χ1n) is 10.6. The standard InChI is InChI=1S/C20H33N5O4/c1-2-3-4-5-6-7-8-11-16(27)29-13-10-9-12-23-20(14-26)24-18-17(19(28)25-20)21-15-22-18/h15,23,26H,2-14H2,1H3,(H,25,28). The third-order valence-electron chi connectivity index (χ3n) is 4.88. The van der Waals surface area contributed by atoms with Crippen LogP contribution in [0.1, 0.15) is 71.1 Å². The van der Waals surface area contributed by atoms with E-state index < -0.39 is 18.3 Å². The van der Waals surface area contributed by atoms with Crippen molar-refractivity contribution in [3.63, 3.8) is 0 Å². The van der Waals surface area contributed by atoms with Crippen molar-refractivity contribution in [3.8, 4) is 0 Å². The van der Waals surface area contributed by atoms with Crippen molar-refractivity contribution in [2.75, 3.05) is 19.8 Å². The number of hydrogen-bond donors (Lipinski definition) is 3. The summed E-state index contributed by atoms with van der Waals surface area (Å²) in [4.78, 5) is 35.8. The number of aliphatic hydroxyl groups is 1. The van der Waals surface area contributed by atoms with Crippen LogP contribution in [0.3, 0.4) is 0 Å². The zero-order valence-corrected chi connectivity index (χ0v) is 17.3. The van der Waals surface area contributed by atoms with Crippen LogP contribution in [0.4, 0.5) is 0 Å². The summed E-state index contributed by atoms with van der Waals surface area (Å²) in [5.41, 5.74) is 0.156. The molecule has 0 aliphatic carbocycles. The van der Waals surface area contributed by atoms with Crippen LogP contribution in [-0.2, 0) is 14.3 Å². The smallest absolute Gasteiger partial charge is 0.305 e. The largest absolute Gasteiger partial charge is 0.466 e. The van der Waals surface area contributed by atoms with Crippen LogP contribution in [0.25, 0.3) is 0 Å². The number of amidine groups is 1. The summed E-state index contributed by atoms with van der Waals surface area (Å²) in [5.74, 6) is -1.64. The highest BCUT2D eigenvalue weighted by molar-refractivity contribution is 6.69. The minimum atomic E-state index is -1.29. The van der Waals surface area contributed by atoms with E-state index in [-0.39, 0.29) is 17.5 Å². The van der Waals surface area contributed by atoms with E-state index in [9.17, 15) is 14.7 Å². The van der Waals surface area contributed by atoms with Gasteiger partial charge in [-0.25, -0.2) is 15.0 Å². The molecule has 2 aliphatic rings. The number of esters is 1. The molecular formula is C20H33N5O4. The highest BCUT2D eigenvalue weighted by atomic mass is 16.5. The van der Waals surface area contributed by atoms with Gasteiger partial charge < -0.3 is 15.2 Å². The van der Waals surface area contributed by atoms with Crippen LogP contribution in [0, 0.1) is 0 Å². The predicted molar refractivity (Wildman–Crippen MR) is 112 cm³/mol. The average Bonchev–Trinajstić information content (AvgIpc) is 3.19. The molecule has 1 unspecified atom stereocenters. The Morgan fingerprint density at radius 3 is 2.69 bits per heavy atom. The number of hydrogen-bond acceptors (Lipinski definition) is 8. The van der Waals surface area contributed by atoms with Gasteiger partial charge in [-0.1, -0.05) is 45.4 Å². The fourth-order valence-electron chi connectivity index (χ4n) is 3.18. The van der Waals surface area contributed by atoms with Crippen LogP contribution in [-0.4, -0.2) is 60.4 Å². The summed E-state index contributed by atoms with van der Waals surface area (Å²) in [6, 6.07) is 0. The van der Waals surface area contributed by atoms with Gasteiger partial charge >= 0.3 is 5.97 Å². The number of unbranched alkanes of at least 4 members (excludes halogenated alkanes) is 7. The van der Waals surface area contributed by atoms with Gasteiger partial charge in [-0.3, -0.25) is 14.9 Å². The van der Waals surface area contributed by atoms with E-state index in [0.29, 0.717) is 32.4 Å². The zero-order chi connectivity index (χ0) is 21.0. The number of nitrogens with one attached hydrogen (secondary N) is 2. The zero-order valence-electron chi connectivity index (χ0n) is 17.3. The Hall–Kier alpha value is -2.13. The van der Waals surface area contributed by atoms with E-state index in [2.05, 4.69) is 32.5 Å². The minimum Gasteiger partial charge on any atom is -0.466 e. The number of fused-ring (bicyclic) bond motifs is 1. The fourth-order valence-corrected chi connectivity index (χ4v) is 3.18. The van der Waals surface area contributed by atoms with Gasteiger partial charge in [0.25, 0.3) is 5.91 Å². The minimum absolute atomic E-state index is 0.143. The topological polar surface area (TPSA) is 125 Å². The maximum atomic E-state index is 12.0. The van der Waals surface area contributed by atoms with Gasteiger partial charge in [-0.05, 0) is 25.8 Å². The van der Waals surface area contributed by atoms with E-state index in [1.165, 1.54) is 38.4 Å². The monoisotopic (exact) mass is 407 g/mol. The van der Waals surface area contributed by atoms with Crippen LogP contribution >= 0.6 is 0 Å². The number of rotatable bonds is 15. The average molecular weight is 408 g/mol. The second-order valence-corrected chi connectivity index (χ2v) is 7.36. The first-order chi connectivity index (χ1) is 14.1. The molecule has 29 heavy (non-hydrogen) atoms. The summed E-state index contributed by atoms with van der Waals surface area (Å²) in [5, 5.41) is 15.3. The third kappa shape index (κ3) is 7.66. The van der Waals surface area contributed by atoms with Gasteiger partial charge in [0, 0.05) is 6.42 Å². The van der Waals surface area contributed by atoms with Crippen LogP contribution < -0.4 is 10.6 Å². The molecule has 0 aromatic carbocycles. The van der Waals surface area contributed by atoms with Gasteiger partial charge in [-0.15, -0.1) is 0 Å². The van der Waals surface area contributed by atoms with Crippen molar-refractivity contribution in [3.05, 3.63) is 0 Å². The second kappa shape index (κ2) is 12.4. The van der Waals surface area contributed by atoms with Gasteiger partial charge in [-0.2, -0.15) is 0 Å². The quantitative estimate of drug-likeness (QED) is 0.281. The van der Waals surface area contributed by atoms with Crippen molar-refractivity contribution < 1.29 is 19.4 Å². The van der Waals surface area contributed by atoms with Crippen molar-refractivity contribution in [2.45, 2.75) is 76.9 Å². The van der Waals surface area contributed by atoms with E-state index in [4.69, 9.17) is 4.74 Å². The van der Waals surface area contributed by atoms with E-state index in [1.807, 2.05) is 0 Å². The molecule has 0 saturated heterocycles. The Balaban J connectivity index is 1.54. The Kier molecular flexibility index (Phi) is 9.93. The highest BCUT2D eigenvalue weighted by Gasteiger charge is 2.39. The molecule has 3 N–H and O–H groups in total. The van der Waals surface area contributed by atoms with Gasteiger partial charge in [0.05, 0.1) is 6.61 Å². The molecule has 0 fully saturated rings. The number of nitrogens with zero attached hydrogens (tertiary/aromatic N) is 3. The van der Waals surface area contributed by atoms with E-state index in [1.54, 1.807) is 0 Å². The van der Waals surface area contributed by atoms with Crippen LogP contribution in [0.2, 0.25) is 0 Å². The molecule has 2 heterocycles. The number of aliphatic imine (C=N–C) groups is 3. The molecule has 0 aromatic heterocycles. The summed E-state index contributed by atoms with van der Waals surface area (Å²) >= 11 is 0. The number of aliphatic hydroxyl groups excluding tert-OH is 1. The van der Waals surface area contributed by atoms with E-state index >= 15 is 0 Å². The van der Waals surface area contributed by atoms with Crippen LogP contribution in [0.15, 0.2) is 15.0 Å². The predicted octanol–water partition coefficient (Wildman–Crippen LogP) is 1.70. The Morgan fingerprint density at radius 1 is 1.17 bits per heavy atom. The molecule has 162 valence electrons. The Bertz CT molecular complexity index is 647. The molecule has 1 atom stereocenters. The first kappa shape index (κ1) is 23.2. The van der Waals surface area contributed by atoms with Gasteiger partial charge in [0.15, 0.2) is 11.5 Å². The van der Waals surface area contributed by atoms with Gasteiger partial charge in [0.1, 0.15) is 12.9 Å². The van der Waals surface area contributed by atoms with Crippen molar-refractivity contribution >= 4 is 29.8 Å². The summed E-state index contributed by atoms with van der Waals surface area (Å²) in [7, 11) is 0. The highest BCUT2D eigenvalue weighted by Crippen LogP contribution is 2.13. The first-order valence-corrected chi connectivity index (χ1v) is 10.6. The van der Waals surface area contributed by atoms with Gasteiger partial charge in [0.2, 0.25) is 5.79 Å². The third-order valence-corrected chi connectivity index (χ3v) is 4.88. The molecule has 2 rings (SSSR count). The second-order valence-electron chi connectivity index (χ2n) is 7.36. The number of carbonyl (C=O) groups is 2. The fraction of sp³-hybridized carbons (Fsp3) is 0.750. The molecule has 0 radical (unpaired) electrons. The lowest BCUT2D eigenvalue weighted by atomic mass is 10.1. The molecule has 9 nitrogen and oxygen atoms in total. The van der Waals surface area contributed by atoms with Crippen molar-refractivity contribution in [1.29, 1.82) is 0 Å². The number of ether oxygens (including phenoxy) is 1. The Labute approximate surface area is 172 Å². The molecule has 0 bridgehead atoms. The molecule has 1 amide bonds. The van der Waals surface area contributed by atoms with Crippen LogP contribution in [0.5, 0.6) is 0 Å². The molecule has 0 saturated carbocycles. The maximum Gasteiger partial charge on any atom is 0.305 e. The molecular weight excluding hydrogens is 374 g/mol. The summed E-state index contributed by atoms with van der Waals surface area (Å²) < 4.78 is 5.26. The summed E-state index contributed by atoms with van der Waals surface area (Å²) in [6.45, 7) is 2.65. The lowest BCUT2D eigenvalue weighted by molar-refractivity contribution is -0.143. The number of carbonyl (C=O) groups excluding carboxylic acids is 2. The maximum absolute atomic E-state index is 12.0. The van der Waals surface area contributed by atoms with E-state index in [0.717, 1.165) is 12.8 Å². The summed E-state index contributed by atoms with van der Waals surface area (Å²) in [6.07, 6.45) is 11.4. The molecule has 0 aromatic rings. The molecule has 2 aliphatic heterocycles. The SMILES string of the molecule is CCCCCCCCCC(=O)OCCCCNC1(CO)N=C2N=CN=C2C(=O)N1.